The van der Waals surface area contributed by atoms with Crippen molar-refractivity contribution < 1.29 is 43.7 Å². The standard InChI is InChI=1S/C14H21N3O9/c15-7(1-4-10(18)19)13(23)25-9(17)3-6-12(22)26-14(24)8(16)2-5-11(20)21/h7-8,17H,1-6,15-16H2,(H,18,19)(H,20,21). The summed E-state index contributed by atoms with van der Waals surface area (Å²) in [6.45, 7) is 0. The zero-order chi connectivity index (χ0) is 20.3. The molecule has 0 bridgehead atoms. The Bertz CT molecular complexity index is 526. The van der Waals surface area contributed by atoms with E-state index in [1.165, 1.54) is 0 Å². The maximum atomic E-state index is 11.5. The number of carbonyl (C=O) groups is 5. The van der Waals surface area contributed by atoms with Crippen LogP contribution in [0.5, 0.6) is 0 Å². The van der Waals surface area contributed by atoms with E-state index in [1.54, 1.807) is 0 Å². The Kier molecular flexibility index (Phi) is 10.4. The fourth-order valence-corrected chi connectivity index (χ4v) is 1.50. The quantitative estimate of drug-likeness (QED) is 0.124. The second-order valence-electron chi connectivity index (χ2n) is 5.22. The van der Waals surface area contributed by atoms with Gasteiger partial charge in [-0.2, -0.15) is 0 Å². The molecule has 0 aliphatic rings. The Morgan fingerprint density at radius 3 is 1.62 bits per heavy atom. The van der Waals surface area contributed by atoms with Gasteiger partial charge in [-0.3, -0.25) is 19.8 Å². The summed E-state index contributed by atoms with van der Waals surface area (Å²) in [6.07, 6.45) is -1.93. The van der Waals surface area contributed by atoms with Crippen LogP contribution in [0.1, 0.15) is 38.5 Å². The lowest BCUT2D eigenvalue weighted by atomic mass is 10.2. The van der Waals surface area contributed by atoms with E-state index in [9.17, 15) is 24.0 Å². The number of carboxylic acid groups (broad SMARTS) is 2. The van der Waals surface area contributed by atoms with Crippen LogP contribution in [0, 0.1) is 5.41 Å². The molecule has 2 atom stereocenters. The van der Waals surface area contributed by atoms with Crippen LogP contribution in [0.4, 0.5) is 0 Å². The van der Waals surface area contributed by atoms with E-state index >= 15 is 0 Å². The van der Waals surface area contributed by atoms with Gasteiger partial charge in [0, 0.05) is 19.3 Å². The predicted octanol–water partition coefficient (Wildman–Crippen LogP) is -1.26. The van der Waals surface area contributed by atoms with Crippen LogP contribution in [0.15, 0.2) is 0 Å². The molecule has 146 valence electrons. The van der Waals surface area contributed by atoms with E-state index in [0.29, 0.717) is 0 Å². The molecule has 12 nitrogen and oxygen atoms in total. The first kappa shape index (κ1) is 23.1. The number of nitrogens with two attached hydrogens (primary N) is 2. The first-order valence-corrected chi connectivity index (χ1v) is 7.51. The average molecular weight is 375 g/mol. The number of hydrogen-bond acceptors (Lipinski definition) is 10. The van der Waals surface area contributed by atoms with Crippen molar-refractivity contribution in [3.63, 3.8) is 0 Å². The summed E-state index contributed by atoms with van der Waals surface area (Å²) in [4.78, 5) is 55.1. The lowest BCUT2D eigenvalue weighted by Crippen LogP contribution is -2.35. The Morgan fingerprint density at radius 1 is 0.769 bits per heavy atom. The molecule has 7 N–H and O–H groups in total. The number of carbonyl (C=O) groups excluding carboxylic acids is 3. The van der Waals surface area contributed by atoms with E-state index in [2.05, 4.69) is 9.47 Å². The fourth-order valence-electron chi connectivity index (χ4n) is 1.50. The van der Waals surface area contributed by atoms with E-state index < -0.39 is 54.2 Å². The molecule has 2 unspecified atom stereocenters. The highest BCUT2D eigenvalue weighted by Gasteiger charge is 2.21. The maximum Gasteiger partial charge on any atom is 0.330 e. The topological polar surface area (TPSA) is 220 Å². The summed E-state index contributed by atoms with van der Waals surface area (Å²) in [5, 5.41) is 24.3. The van der Waals surface area contributed by atoms with Crippen molar-refractivity contribution in [3.05, 3.63) is 0 Å². The molecule has 0 spiro atoms. The van der Waals surface area contributed by atoms with Crippen LogP contribution >= 0.6 is 0 Å². The van der Waals surface area contributed by atoms with Crippen LogP contribution in [0.25, 0.3) is 0 Å². The molecule has 0 radical (unpaired) electrons. The smallest absolute Gasteiger partial charge is 0.330 e. The highest BCUT2D eigenvalue weighted by atomic mass is 16.6. The minimum Gasteiger partial charge on any atom is -0.481 e. The first-order valence-electron chi connectivity index (χ1n) is 7.51. The zero-order valence-electron chi connectivity index (χ0n) is 13.8. The van der Waals surface area contributed by atoms with Crippen molar-refractivity contribution in [2.24, 2.45) is 11.5 Å². The molecule has 0 aliphatic carbocycles. The van der Waals surface area contributed by atoms with E-state index in [-0.39, 0.29) is 32.1 Å². The molecular formula is C14H21N3O9. The summed E-state index contributed by atoms with van der Waals surface area (Å²) in [7, 11) is 0. The first-order chi connectivity index (χ1) is 12.0. The lowest BCUT2D eigenvalue weighted by Gasteiger charge is -2.11. The summed E-state index contributed by atoms with van der Waals surface area (Å²) in [5.41, 5.74) is 10.8. The predicted molar refractivity (Wildman–Crippen MR) is 83.8 cm³/mol. The largest absolute Gasteiger partial charge is 0.481 e. The molecular weight excluding hydrogens is 354 g/mol. The van der Waals surface area contributed by atoms with Crippen LogP contribution in [0.3, 0.4) is 0 Å². The van der Waals surface area contributed by atoms with Crippen molar-refractivity contribution in [2.45, 2.75) is 50.6 Å². The third-order valence-corrected chi connectivity index (χ3v) is 2.94. The van der Waals surface area contributed by atoms with Crippen LogP contribution in [-0.2, 0) is 33.4 Å². The minimum atomic E-state index is -1.28. The third kappa shape index (κ3) is 10.8. The Hall–Kier alpha value is -2.86. The molecule has 0 saturated carbocycles. The fraction of sp³-hybridized carbons (Fsp3) is 0.571. The van der Waals surface area contributed by atoms with Crippen molar-refractivity contribution >= 4 is 35.7 Å². The Morgan fingerprint density at radius 2 is 1.19 bits per heavy atom. The SMILES string of the molecule is N=C(CCC(=O)OC(=O)C(N)CCC(=O)O)OC(=O)C(N)CCC(=O)O. The van der Waals surface area contributed by atoms with Crippen molar-refractivity contribution in [1.82, 2.24) is 0 Å². The summed E-state index contributed by atoms with van der Waals surface area (Å²) in [5.74, 6) is -6.06. The van der Waals surface area contributed by atoms with Gasteiger partial charge in [-0.05, 0) is 12.8 Å². The van der Waals surface area contributed by atoms with Gasteiger partial charge in [0.25, 0.3) is 0 Å². The number of nitrogens with one attached hydrogen (secondary N) is 1. The van der Waals surface area contributed by atoms with Gasteiger partial charge in [-0.25, -0.2) is 9.59 Å². The van der Waals surface area contributed by atoms with E-state index in [0.717, 1.165) is 0 Å². The van der Waals surface area contributed by atoms with Gasteiger partial charge in [0.2, 0.25) is 0 Å². The molecule has 0 aromatic carbocycles. The van der Waals surface area contributed by atoms with E-state index in [1.807, 2.05) is 0 Å². The molecule has 12 heteroatoms. The number of hydrogen-bond donors (Lipinski definition) is 5. The van der Waals surface area contributed by atoms with Gasteiger partial charge in [-0.1, -0.05) is 0 Å². The van der Waals surface area contributed by atoms with E-state index in [4.69, 9.17) is 27.1 Å². The average Bonchev–Trinajstić information content (AvgIpc) is 2.55. The van der Waals surface area contributed by atoms with Gasteiger partial charge >= 0.3 is 29.8 Å². The molecule has 0 aromatic rings. The summed E-state index contributed by atoms with van der Waals surface area (Å²) < 4.78 is 8.95. The summed E-state index contributed by atoms with van der Waals surface area (Å²) >= 11 is 0. The molecule has 0 fully saturated rings. The molecule has 0 aliphatic heterocycles. The maximum absolute atomic E-state index is 11.5. The highest BCUT2D eigenvalue weighted by Crippen LogP contribution is 2.03. The number of rotatable bonds is 11. The molecule has 0 rings (SSSR count). The van der Waals surface area contributed by atoms with Gasteiger partial charge in [-0.15, -0.1) is 0 Å². The second-order valence-corrected chi connectivity index (χ2v) is 5.22. The van der Waals surface area contributed by atoms with Gasteiger partial charge in [0.05, 0.1) is 6.42 Å². The van der Waals surface area contributed by atoms with Gasteiger partial charge in [0.1, 0.15) is 12.1 Å². The zero-order valence-corrected chi connectivity index (χ0v) is 13.8. The number of ether oxygens (including phenoxy) is 2. The summed E-state index contributed by atoms with van der Waals surface area (Å²) in [6, 6.07) is -2.51. The lowest BCUT2D eigenvalue weighted by molar-refractivity contribution is -0.161. The Balaban J connectivity index is 4.16. The number of esters is 3. The molecule has 0 heterocycles. The monoisotopic (exact) mass is 375 g/mol. The minimum absolute atomic E-state index is 0.174. The second kappa shape index (κ2) is 11.7. The van der Waals surface area contributed by atoms with Gasteiger partial charge < -0.3 is 31.2 Å². The van der Waals surface area contributed by atoms with Crippen LogP contribution < -0.4 is 11.5 Å². The normalized spacial score (nSPS) is 12.5. The molecule has 0 aromatic heterocycles. The molecule has 0 amide bonds. The number of carboxylic acids is 2. The van der Waals surface area contributed by atoms with Crippen molar-refractivity contribution in [3.8, 4) is 0 Å². The van der Waals surface area contributed by atoms with Crippen molar-refractivity contribution in [1.29, 1.82) is 5.41 Å². The highest BCUT2D eigenvalue weighted by molar-refractivity contribution is 5.93. The van der Waals surface area contributed by atoms with Gasteiger partial charge in [0.15, 0.2) is 5.90 Å². The molecule has 26 heavy (non-hydrogen) atoms. The molecule has 0 saturated heterocycles. The number of aliphatic carboxylic acids is 2. The third-order valence-electron chi connectivity index (χ3n) is 2.94. The van der Waals surface area contributed by atoms with Crippen LogP contribution in [-0.4, -0.2) is 58.0 Å². The van der Waals surface area contributed by atoms with Crippen LogP contribution in [0.2, 0.25) is 0 Å². The van der Waals surface area contributed by atoms with Crippen molar-refractivity contribution in [2.75, 3.05) is 0 Å². The Labute approximate surface area is 147 Å².